The average Bonchev–Trinajstić information content (AvgIpc) is 2.18. The first-order chi connectivity index (χ1) is 7.90. The van der Waals surface area contributed by atoms with Gasteiger partial charge in [0.1, 0.15) is 5.69 Å². The molecule has 0 atom stereocenters. The number of nitrogens with one attached hydrogen (secondary N) is 4. The second kappa shape index (κ2) is 5.10. The molecule has 1 amide bonds. The van der Waals surface area contributed by atoms with E-state index < -0.39 is 17.2 Å². The summed E-state index contributed by atoms with van der Waals surface area (Å²) in [5.74, 6) is -0.391. The molecule has 1 heterocycles. The van der Waals surface area contributed by atoms with Crippen molar-refractivity contribution in [2.75, 3.05) is 10.7 Å². The molecule has 0 bridgehead atoms. The fourth-order valence-corrected chi connectivity index (χ4v) is 1.03. The van der Waals surface area contributed by atoms with E-state index in [2.05, 4.69) is 20.8 Å². The van der Waals surface area contributed by atoms with Crippen molar-refractivity contribution >= 4 is 23.1 Å². The van der Waals surface area contributed by atoms with Crippen molar-refractivity contribution in [3.05, 3.63) is 20.8 Å². The first-order valence-electron chi connectivity index (χ1n) is 4.81. The molecule has 1 aromatic rings. The van der Waals surface area contributed by atoms with Gasteiger partial charge in [-0.2, -0.15) is 5.10 Å². The van der Waals surface area contributed by atoms with Gasteiger partial charge in [0.05, 0.1) is 0 Å². The van der Waals surface area contributed by atoms with Crippen LogP contribution in [0.3, 0.4) is 0 Å². The first kappa shape index (κ1) is 12.7. The molecular weight excluding hydrogens is 226 g/mol. The summed E-state index contributed by atoms with van der Waals surface area (Å²) in [5, 5.41) is 6.15. The summed E-state index contributed by atoms with van der Waals surface area (Å²) in [5.41, 5.74) is 1.73. The van der Waals surface area contributed by atoms with Gasteiger partial charge in [-0.05, 0) is 13.8 Å². The maximum absolute atomic E-state index is 11.5. The summed E-state index contributed by atoms with van der Waals surface area (Å²) in [6, 6.07) is 0. The maximum Gasteiger partial charge on any atom is 0.327 e. The molecule has 0 radical (unpaired) electrons. The van der Waals surface area contributed by atoms with Gasteiger partial charge in [-0.25, -0.2) is 4.79 Å². The Kier molecular flexibility index (Phi) is 3.81. The molecule has 8 nitrogen and oxygen atoms in total. The van der Waals surface area contributed by atoms with Crippen molar-refractivity contribution < 1.29 is 4.79 Å². The number of rotatable bonds is 3. The molecule has 0 aromatic carbocycles. The number of nitrogens with zero attached hydrogens (tertiary/aromatic N) is 1. The van der Waals surface area contributed by atoms with E-state index in [1.54, 1.807) is 13.8 Å². The first-order valence-corrected chi connectivity index (χ1v) is 4.81. The highest BCUT2D eigenvalue weighted by molar-refractivity contribution is 5.91. The van der Waals surface area contributed by atoms with Crippen molar-refractivity contribution in [3.63, 3.8) is 0 Å². The van der Waals surface area contributed by atoms with Crippen LogP contribution in [0.4, 0.5) is 11.5 Å². The van der Waals surface area contributed by atoms with Crippen LogP contribution in [0.15, 0.2) is 14.7 Å². The Morgan fingerprint density at radius 3 is 2.35 bits per heavy atom. The molecule has 1 rings (SSSR count). The van der Waals surface area contributed by atoms with Crippen molar-refractivity contribution in [2.45, 2.75) is 20.8 Å². The molecule has 0 unspecified atom stereocenters. The number of amides is 1. The summed E-state index contributed by atoms with van der Waals surface area (Å²) in [4.78, 5) is 37.8. The van der Waals surface area contributed by atoms with Crippen LogP contribution in [0.2, 0.25) is 0 Å². The average molecular weight is 239 g/mol. The van der Waals surface area contributed by atoms with Gasteiger partial charge in [-0.15, -0.1) is 0 Å². The van der Waals surface area contributed by atoms with Crippen molar-refractivity contribution in [3.8, 4) is 0 Å². The van der Waals surface area contributed by atoms with Crippen LogP contribution >= 0.6 is 0 Å². The van der Waals surface area contributed by atoms with Crippen LogP contribution in [0.25, 0.3) is 0 Å². The molecule has 0 saturated heterocycles. The molecule has 17 heavy (non-hydrogen) atoms. The number of carbonyl (C=O) groups excluding carboxylic acids is 1. The van der Waals surface area contributed by atoms with Crippen LogP contribution in [-0.2, 0) is 4.79 Å². The summed E-state index contributed by atoms with van der Waals surface area (Å²) in [6.45, 7) is 4.72. The molecule has 0 aliphatic heterocycles. The number of aromatic amines is 2. The number of H-pyrrole nitrogens is 2. The van der Waals surface area contributed by atoms with Gasteiger partial charge >= 0.3 is 5.69 Å². The maximum atomic E-state index is 11.5. The molecule has 1 aromatic heterocycles. The minimum atomic E-state index is -0.699. The number of hydrogen-bond acceptors (Lipinski definition) is 5. The van der Waals surface area contributed by atoms with Crippen molar-refractivity contribution in [1.82, 2.24) is 9.97 Å². The van der Waals surface area contributed by atoms with Crippen LogP contribution in [0, 0.1) is 0 Å². The molecule has 0 fully saturated rings. The van der Waals surface area contributed by atoms with Gasteiger partial charge in [-0.3, -0.25) is 25.0 Å². The lowest BCUT2D eigenvalue weighted by molar-refractivity contribution is -0.114. The van der Waals surface area contributed by atoms with E-state index >= 15 is 0 Å². The largest absolute Gasteiger partial charge is 0.327 e. The zero-order valence-electron chi connectivity index (χ0n) is 9.67. The topological polar surface area (TPSA) is 119 Å². The highest BCUT2D eigenvalue weighted by atomic mass is 16.2. The van der Waals surface area contributed by atoms with Crippen LogP contribution < -0.4 is 22.0 Å². The Balaban J connectivity index is 3.25. The van der Waals surface area contributed by atoms with Gasteiger partial charge in [0.2, 0.25) is 5.91 Å². The fraction of sp³-hybridized carbons (Fsp3) is 0.333. The highest BCUT2D eigenvalue weighted by Crippen LogP contribution is 2.10. The van der Waals surface area contributed by atoms with E-state index in [-0.39, 0.29) is 11.5 Å². The Hall–Kier alpha value is -2.38. The van der Waals surface area contributed by atoms with Crippen molar-refractivity contribution in [1.29, 1.82) is 0 Å². The quantitative estimate of drug-likeness (QED) is 0.432. The molecule has 0 aliphatic carbocycles. The Labute approximate surface area is 96.1 Å². The van der Waals surface area contributed by atoms with Gasteiger partial charge in [-0.1, -0.05) is 0 Å². The standard InChI is InChI=1S/C9H13N5O3/c1-4(2)13-14-7-6(10-5(3)15)8(16)12-9(17)11-7/h1-3H3,(H,10,15)(H3,11,12,14,16,17). The highest BCUT2D eigenvalue weighted by Gasteiger charge is 2.10. The predicted octanol–water partition coefficient (Wildman–Crippen LogP) is -0.171. The second-order valence-electron chi connectivity index (χ2n) is 3.51. The molecule has 0 saturated carbocycles. The Bertz CT molecular complexity index is 565. The van der Waals surface area contributed by atoms with Crippen molar-refractivity contribution in [2.24, 2.45) is 5.10 Å². The molecular formula is C9H13N5O3. The van der Waals surface area contributed by atoms with E-state index in [1.807, 2.05) is 4.98 Å². The third-order valence-corrected chi connectivity index (χ3v) is 1.63. The lowest BCUT2D eigenvalue weighted by Crippen LogP contribution is -2.28. The smallest absolute Gasteiger partial charge is 0.319 e. The number of hydrogen-bond donors (Lipinski definition) is 4. The van der Waals surface area contributed by atoms with E-state index in [1.165, 1.54) is 6.92 Å². The van der Waals surface area contributed by atoms with E-state index in [4.69, 9.17) is 0 Å². The van der Waals surface area contributed by atoms with E-state index in [9.17, 15) is 14.4 Å². The predicted molar refractivity (Wildman–Crippen MR) is 64.4 cm³/mol. The number of aromatic nitrogens is 2. The van der Waals surface area contributed by atoms with Gasteiger partial charge in [0, 0.05) is 12.6 Å². The minimum absolute atomic E-state index is 0.0372. The van der Waals surface area contributed by atoms with E-state index in [0.717, 1.165) is 0 Å². The number of carbonyl (C=O) groups is 1. The summed E-state index contributed by atoms with van der Waals surface area (Å²) < 4.78 is 0. The minimum Gasteiger partial charge on any atom is -0.319 e. The Morgan fingerprint density at radius 2 is 1.82 bits per heavy atom. The lowest BCUT2D eigenvalue weighted by Gasteiger charge is -2.07. The summed E-state index contributed by atoms with van der Waals surface area (Å²) >= 11 is 0. The molecule has 92 valence electrons. The molecule has 0 aliphatic rings. The number of anilines is 2. The SMILES string of the molecule is CC(=O)Nc1c(NN=C(C)C)[nH]c(=O)[nH]c1=O. The Morgan fingerprint density at radius 1 is 1.18 bits per heavy atom. The third-order valence-electron chi connectivity index (χ3n) is 1.63. The third kappa shape index (κ3) is 3.59. The van der Waals surface area contributed by atoms with Gasteiger partial charge in [0.25, 0.3) is 5.56 Å². The van der Waals surface area contributed by atoms with Crippen LogP contribution in [0.1, 0.15) is 20.8 Å². The summed E-state index contributed by atoms with van der Waals surface area (Å²) in [6.07, 6.45) is 0. The normalized spacial score (nSPS) is 9.59. The number of hydrazone groups is 1. The van der Waals surface area contributed by atoms with E-state index in [0.29, 0.717) is 5.71 Å². The zero-order chi connectivity index (χ0) is 13.0. The van der Waals surface area contributed by atoms with Crippen LogP contribution in [-0.4, -0.2) is 21.6 Å². The second-order valence-corrected chi connectivity index (χ2v) is 3.51. The summed E-state index contributed by atoms with van der Waals surface area (Å²) in [7, 11) is 0. The van der Waals surface area contributed by atoms with Crippen LogP contribution in [0.5, 0.6) is 0 Å². The zero-order valence-corrected chi connectivity index (χ0v) is 9.67. The molecule has 4 N–H and O–H groups in total. The molecule has 8 heteroatoms. The fourth-order valence-electron chi connectivity index (χ4n) is 1.03. The van der Waals surface area contributed by atoms with Gasteiger partial charge < -0.3 is 5.32 Å². The molecule has 0 spiro atoms. The lowest BCUT2D eigenvalue weighted by atomic mass is 10.4. The monoisotopic (exact) mass is 239 g/mol. The van der Waals surface area contributed by atoms with Gasteiger partial charge in [0.15, 0.2) is 5.82 Å².